The predicted octanol–water partition coefficient (Wildman–Crippen LogP) is 2.72. The second-order valence-electron chi connectivity index (χ2n) is 4.97. The van der Waals surface area contributed by atoms with E-state index in [9.17, 15) is 8.78 Å². The summed E-state index contributed by atoms with van der Waals surface area (Å²) in [6, 6.07) is 2.57. The molecule has 2 N–H and O–H groups in total. The summed E-state index contributed by atoms with van der Waals surface area (Å²) in [7, 11) is 0. The monoisotopic (exact) mass is 211 g/mol. The molecule has 0 aliphatic heterocycles. The standard InChI is InChI=1S/C12H15F2N/c1-6-4-7(13)9(8(14)5-6)10-11(15)12(10,2)3/h4-5,10-11H,15H2,1-3H3/t10-,11-/m0/s1. The van der Waals surface area contributed by atoms with Crippen LogP contribution in [0.4, 0.5) is 8.78 Å². The van der Waals surface area contributed by atoms with Crippen LogP contribution in [0.25, 0.3) is 0 Å². The lowest BCUT2D eigenvalue weighted by molar-refractivity contribution is 0.529. The zero-order valence-electron chi connectivity index (χ0n) is 9.14. The van der Waals surface area contributed by atoms with Crippen LogP contribution in [0.5, 0.6) is 0 Å². The normalized spacial score (nSPS) is 27.9. The Hall–Kier alpha value is -0.960. The number of hydrogen-bond donors (Lipinski definition) is 1. The van der Waals surface area contributed by atoms with Crippen molar-refractivity contribution in [1.29, 1.82) is 0 Å². The Morgan fingerprint density at radius 3 is 1.93 bits per heavy atom. The lowest BCUT2D eigenvalue weighted by Gasteiger charge is -2.07. The minimum atomic E-state index is -0.474. The summed E-state index contributed by atoms with van der Waals surface area (Å²) >= 11 is 0. The maximum absolute atomic E-state index is 13.6. The molecule has 0 spiro atoms. The van der Waals surface area contributed by atoms with Gasteiger partial charge >= 0.3 is 0 Å². The molecule has 0 amide bonds. The second-order valence-corrected chi connectivity index (χ2v) is 4.97. The molecule has 1 aliphatic carbocycles. The highest BCUT2D eigenvalue weighted by Gasteiger charge is 2.58. The van der Waals surface area contributed by atoms with E-state index in [1.165, 1.54) is 12.1 Å². The van der Waals surface area contributed by atoms with Gasteiger partial charge in [0.05, 0.1) is 0 Å². The zero-order chi connectivity index (χ0) is 11.4. The van der Waals surface area contributed by atoms with Crippen LogP contribution < -0.4 is 5.73 Å². The fraction of sp³-hybridized carbons (Fsp3) is 0.500. The highest BCUT2D eigenvalue weighted by atomic mass is 19.1. The van der Waals surface area contributed by atoms with E-state index >= 15 is 0 Å². The van der Waals surface area contributed by atoms with E-state index in [0.29, 0.717) is 5.56 Å². The van der Waals surface area contributed by atoms with Crippen molar-refractivity contribution in [3.05, 3.63) is 34.9 Å². The van der Waals surface area contributed by atoms with Crippen molar-refractivity contribution in [3.63, 3.8) is 0 Å². The first kappa shape index (κ1) is 10.6. The van der Waals surface area contributed by atoms with Crippen molar-refractivity contribution in [2.24, 2.45) is 11.1 Å². The van der Waals surface area contributed by atoms with Gasteiger partial charge in [-0.2, -0.15) is 0 Å². The van der Waals surface area contributed by atoms with E-state index in [4.69, 9.17) is 5.73 Å². The van der Waals surface area contributed by atoms with Crippen LogP contribution in [0.15, 0.2) is 12.1 Å². The van der Waals surface area contributed by atoms with Crippen molar-refractivity contribution >= 4 is 0 Å². The van der Waals surface area contributed by atoms with E-state index in [0.717, 1.165) is 0 Å². The first-order chi connectivity index (χ1) is 6.85. The number of halogens is 2. The molecule has 0 bridgehead atoms. The molecule has 1 nitrogen and oxygen atoms in total. The number of benzene rings is 1. The highest BCUT2D eigenvalue weighted by Crippen LogP contribution is 2.58. The largest absolute Gasteiger partial charge is 0.327 e. The Labute approximate surface area is 88.3 Å². The lowest BCUT2D eigenvalue weighted by Crippen LogP contribution is -2.07. The summed E-state index contributed by atoms with van der Waals surface area (Å²) < 4.78 is 27.2. The molecule has 1 saturated carbocycles. The van der Waals surface area contributed by atoms with Gasteiger partial charge in [-0.05, 0) is 30.0 Å². The van der Waals surface area contributed by atoms with Crippen LogP contribution in [0.1, 0.15) is 30.9 Å². The third kappa shape index (κ3) is 1.46. The van der Waals surface area contributed by atoms with Crippen LogP contribution in [0.3, 0.4) is 0 Å². The quantitative estimate of drug-likeness (QED) is 0.759. The van der Waals surface area contributed by atoms with E-state index in [2.05, 4.69) is 0 Å². The fourth-order valence-corrected chi connectivity index (χ4v) is 2.24. The summed E-state index contributed by atoms with van der Waals surface area (Å²) in [6.45, 7) is 5.54. The van der Waals surface area contributed by atoms with Gasteiger partial charge in [-0.15, -0.1) is 0 Å². The van der Waals surface area contributed by atoms with Crippen molar-refractivity contribution < 1.29 is 8.78 Å². The minimum absolute atomic E-state index is 0.149. The van der Waals surface area contributed by atoms with Crippen molar-refractivity contribution in [2.45, 2.75) is 32.7 Å². The molecule has 0 saturated heterocycles. The van der Waals surface area contributed by atoms with Gasteiger partial charge in [0.15, 0.2) is 0 Å². The smallest absolute Gasteiger partial charge is 0.129 e. The van der Waals surface area contributed by atoms with Gasteiger partial charge in [-0.25, -0.2) is 8.78 Å². The number of rotatable bonds is 1. The Bertz CT molecular complexity index is 389. The molecule has 1 aromatic rings. The first-order valence-corrected chi connectivity index (χ1v) is 5.07. The minimum Gasteiger partial charge on any atom is -0.327 e. The molecule has 0 heterocycles. The topological polar surface area (TPSA) is 26.0 Å². The number of nitrogens with two attached hydrogens (primary N) is 1. The maximum atomic E-state index is 13.6. The average Bonchev–Trinajstić information content (AvgIpc) is 2.53. The Balaban J connectivity index is 2.47. The first-order valence-electron chi connectivity index (χ1n) is 5.07. The Kier molecular flexibility index (Phi) is 2.12. The van der Waals surface area contributed by atoms with Crippen LogP contribution in [-0.4, -0.2) is 6.04 Å². The van der Waals surface area contributed by atoms with Gasteiger partial charge in [0.25, 0.3) is 0 Å². The van der Waals surface area contributed by atoms with E-state index in [-0.39, 0.29) is 22.9 Å². The molecule has 0 unspecified atom stereocenters. The van der Waals surface area contributed by atoms with Crippen molar-refractivity contribution in [3.8, 4) is 0 Å². The maximum Gasteiger partial charge on any atom is 0.129 e. The van der Waals surface area contributed by atoms with Crippen molar-refractivity contribution in [1.82, 2.24) is 0 Å². The van der Waals surface area contributed by atoms with Gasteiger partial charge in [0, 0.05) is 17.5 Å². The number of aryl methyl sites for hydroxylation is 1. The summed E-state index contributed by atoms with van der Waals surface area (Å²) in [5.74, 6) is -1.14. The second kappa shape index (κ2) is 3.01. The van der Waals surface area contributed by atoms with Gasteiger partial charge in [0.1, 0.15) is 11.6 Å². The molecular weight excluding hydrogens is 196 g/mol. The Morgan fingerprint density at radius 2 is 1.60 bits per heavy atom. The van der Waals surface area contributed by atoms with E-state index in [1.807, 2.05) is 13.8 Å². The van der Waals surface area contributed by atoms with E-state index < -0.39 is 11.6 Å². The predicted molar refractivity (Wildman–Crippen MR) is 55.6 cm³/mol. The third-order valence-corrected chi connectivity index (χ3v) is 3.45. The van der Waals surface area contributed by atoms with Gasteiger partial charge in [-0.3, -0.25) is 0 Å². The third-order valence-electron chi connectivity index (χ3n) is 3.45. The summed E-state index contributed by atoms with van der Waals surface area (Å²) in [6.07, 6.45) is 0. The zero-order valence-corrected chi connectivity index (χ0v) is 9.14. The molecule has 1 fully saturated rings. The van der Waals surface area contributed by atoms with Gasteiger partial charge in [-0.1, -0.05) is 13.8 Å². The molecule has 82 valence electrons. The summed E-state index contributed by atoms with van der Waals surface area (Å²) in [5.41, 5.74) is 6.37. The van der Waals surface area contributed by atoms with E-state index in [1.54, 1.807) is 6.92 Å². The molecule has 1 aromatic carbocycles. The fourth-order valence-electron chi connectivity index (χ4n) is 2.24. The van der Waals surface area contributed by atoms with Crippen molar-refractivity contribution in [2.75, 3.05) is 0 Å². The molecular formula is C12H15F2N. The molecule has 3 heteroatoms. The van der Waals surface area contributed by atoms with Crippen LogP contribution in [-0.2, 0) is 0 Å². The van der Waals surface area contributed by atoms with Crippen LogP contribution in [0.2, 0.25) is 0 Å². The van der Waals surface area contributed by atoms with Crippen LogP contribution >= 0.6 is 0 Å². The molecule has 0 radical (unpaired) electrons. The highest BCUT2D eigenvalue weighted by molar-refractivity contribution is 5.37. The molecule has 2 rings (SSSR count). The SMILES string of the molecule is Cc1cc(F)c([C@H]2[C@H](N)C2(C)C)c(F)c1. The lowest BCUT2D eigenvalue weighted by atomic mass is 10.0. The summed E-state index contributed by atoms with van der Waals surface area (Å²) in [4.78, 5) is 0. The van der Waals surface area contributed by atoms with Crippen LogP contribution in [0, 0.1) is 24.0 Å². The summed E-state index contributed by atoms with van der Waals surface area (Å²) in [5, 5.41) is 0. The van der Waals surface area contributed by atoms with Gasteiger partial charge in [0.2, 0.25) is 0 Å². The molecule has 2 atom stereocenters. The molecule has 1 aliphatic rings. The van der Waals surface area contributed by atoms with Gasteiger partial charge < -0.3 is 5.73 Å². The average molecular weight is 211 g/mol. The molecule has 15 heavy (non-hydrogen) atoms. The number of hydrogen-bond acceptors (Lipinski definition) is 1. The molecule has 0 aromatic heterocycles. The Morgan fingerprint density at radius 1 is 1.20 bits per heavy atom.